The number of benzene rings is 2. The number of hydrogen-bond acceptors (Lipinski definition) is 5. The molecule has 3 rings (SSSR count). The van der Waals surface area contributed by atoms with E-state index in [4.69, 9.17) is 0 Å². The number of aryl methyl sites for hydroxylation is 1. The Kier molecular flexibility index (Phi) is 5.94. The molecule has 0 spiro atoms. The molecule has 0 fully saturated rings. The maximum atomic E-state index is 12.5. The minimum Gasteiger partial charge on any atom is -0.325 e. The maximum absolute atomic E-state index is 12.5. The molecule has 1 N–H and O–H groups in total. The maximum Gasteiger partial charge on any atom is 0.237 e. The molecule has 1 unspecified atom stereocenters. The van der Waals surface area contributed by atoms with E-state index in [-0.39, 0.29) is 16.9 Å². The first kappa shape index (κ1) is 19.8. The number of anilines is 1. The second-order valence-corrected chi connectivity index (χ2v) is 7.87. The summed E-state index contributed by atoms with van der Waals surface area (Å²) in [5, 5.41) is 11.7. The van der Waals surface area contributed by atoms with Crippen molar-refractivity contribution in [2.24, 2.45) is 7.05 Å². The number of aromatic nitrogens is 3. The lowest BCUT2D eigenvalue weighted by Crippen LogP contribution is -2.22. The summed E-state index contributed by atoms with van der Waals surface area (Å²) in [4.78, 5) is 23.9. The first-order valence-corrected chi connectivity index (χ1v) is 9.78. The van der Waals surface area contributed by atoms with Crippen LogP contribution in [0.2, 0.25) is 0 Å². The van der Waals surface area contributed by atoms with Gasteiger partial charge in [0.05, 0.1) is 5.25 Å². The lowest BCUT2D eigenvalue weighted by molar-refractivity contribution is -0.115. The van der Waals surface area contributed by atoms with E-state index in [2.05, 4.69) is 15.5 Å². The van der Waals surface area contributed by atoms with Gasteiger partial charge in [0.2, 0.25) is 5.91 Å². The van der Waals surface area contributed by atoms with Crippen molar-refractivity contribution < 1.29 is 9.59 Å². The molecular weight excluding hydrogens is 372 g/mol. The highest BCUT2D eigenvalue weighted by atomic mass is 32.2. The van der Waals surface area contributed by atoms with Crippen molar-refractivity contribution in [3.63, 3.8) is 0 Å². The molecule has 28 heavy (non-hydrogen) atoms. The SMILES string of the molecule is CC(=O)c1ccc(NC(=O)C(C)Sc2nnc(-c3ccccc3C)n2C)cc1. The van der Waals surface area contributed by atoms with Crippen LogP contribution in [0, 0.1) is 6.92 Å². The summed E-state index contributed by atoms with van der Waals surface area (Å²) in [5.74, 6) is 0.627. The number of amides is 1. The number of carbonyl (C=O) groups is 2. The van der Waals surface area contributed by atoms with E-state index in [1.165, 1.54) is 18.7 Å². The van der Waals surface area contributed by atoms with Crippen molar-refractivity contribution in [1.29, 1.82) is 0 Å². The Morgan fingerprint density at radius 3 is 2.39 bits per heavy atom. The Morgan fingerprint density at radius 2 is 1.75 bits per heavy atom. The summed E-state index contributed by atoms with van der Waals surface area (Å²) in [7, 11) is 1.90. The van der Waals surface area contributed by atoms with Crippen molar-refractivity contribution in [3.05, 3.63) is 59.7 Å². The van der Waals surface area contributed by atoms with Crippen LogP contribution in [-0.2, 0) is 11.8 Å². The van der Waals surface area contributed by atoms with Gasteiger partial charge in [0.25, 0.3) is 0 Å². The highest BCUT2D eigenvalue weighted by molar-refractivity contribution is 8.00. The summed E-state index contributed by atoms with van der Waals surface area (Å²) in [6.45, 7) is 5.37. The summed E-state index contributed by atoms with van der Waals surface area (Å²) in [5.41, 5.74) is 3.41. The molecule has 6 nitrogen and oxygen atoms in total. The fourth-order valence-electron chi connectivity index (χ4n) is 2.72. The highest BCUT2D eigenvalue weighted by Crippen LogP contribution is 2.27. The largest absolute Gasteiger partial charge is 0.325 e. The Balaban J connectivity index is 1.69. The van der Waals surface area contributed by atoms with Gasteiger partial charge in [-0.25, -0.2) is 0 Å². The van der Waals surface area contributed by atoms with Crippen molar-refractivity contribution >= 4 is 29.1 Å². The molecule has 0 aliphatic rings. The van der Waals surface area contributed by atoms with E-state index in [1.807, 2.05) is 49.7 Å². The van der Waals surface area contributed by atoms with E-state index in [0.29, 0.717) is 16.4 Å². The standard InChI is InChI=1S/C21H22N4O2S/c1-13-7-5-6-8-18(13)19-23-24-21(25(19)4)28-15(3)20(27)22-17-11-9-16(10-12-17)14(2)26/h5-12,15H,1-4H3,(H,22,27). The fraction of sp³-hybridized carbons (Fsp3) is 0.238. The quantitative estimate of drug-likeness (QED) is 0.503. The highest BCUT2D eigenvalue weighted by Gasteiger charge is 2.20. The number of hydrogen-bond donors (Lipinski definition) is 1. The summed E-state index contributed by atoms with van der Waals surface area (Å²) in [6.07, 6.45) is 0. The topological polar surface area (TPSA) is 76.9 Å². The zero-order valence-electron chi connectivity index (χ0n) is 16.3. The number of rotatable bonds is 6. The van der Waals surface area contributed by atoms with Crippen LogP contribution in [0.1, 0.15) is 29.8 Å². The Bertz CT molecular complexity index is 1010. The van der Waals surface area contributed by atoms with Crippen molar-refractivity contribution in [2.45, 2.75) is 31.2 Å². The van der Waals surface area contributed by atoms with E-state index >= 15 is 0 Å². The number of ketones is 1. The molecule has 1 heterocycles. The molecule has 1 atom stereocenters. The third-order valence-corrected chi connectivity index (χ3v) is 5.57. The van der Waals surface area contributed by atoms with Crippen LogP contribution in [0.15, 0.2) is 53.7 Å². The Labute approximate surface area is 168 Å². The molecule has 1 amide bonds. The lowest BCUT2D eigenvalue weighted by Gasteiger charge is -2.12. The van der Waals surface area contributed by atoms with Gasteiger partial charge in [0, 0.05) is 23.9 Å². The summed E-state index contributed by atoms with van der Waals surface area (Å²) >= 11 is 1.35. The van der Waals surface area contributed by atoms with Gasteiger partial charge in [-0.2, -0.15) is 0 Å². The van der Waals surface area contributed by atoms with Crippen LogP contribution in [0.4, 0.5) is 5.69 Å². The second kappa shape index (κ2) is 8.39. The summed E-state index contributed by atoms with van der Waals surface area (Å²) in [6, 6.07) is 14.9. The lowest BCUT2D eigenvalue weighted by atomic mass is 10.1. The predicted octanol–water partition coefficient (Wildman–Crippen LogP) is 4.11. The van der Waals surface area contributed by atoms with Gasteiger partial charge in [0.1, 0.15) is 0 Å². The molecule has 2 aromatic carbocycles. The molecule has 144 valence electrons. The van der Waals surface area contributed by atoms with Gasteiger partial charge in [0.15, 0.2) is 16.8 Å². The zero-order valence-corrected chi connectivity index (χ0v) is 17.1. The van der Waals surface area contributed by atoms with Crippen LogP contribution in [0.25, 0.3) is 11.4 Å². The minimum absolute atomic E-state index is 0.00598. The van der Waals surface area contributed by atoms with Gasteiger partial charge in [-0.15, -0.1) is 10.2 Å². The van der Waals surface area contributed by atoms with Crippen molar-refractivity contribution in [1.82, 2.24) is 14.8 Å². The third kappa shape index (κ3) is 4.31. The number of thioether (sulfide) groups is 1. The monoisotopic (exact) mass is 394 g/mol. The number of nitrogens with zero attached hydrogens (tertiary/aromatic N) is 3. The first-order chi connectivity index (χ1) is 13.4. The second-order valence-electron chi connectivity index (χ2n) is 6.56. The molecule has 0 aliphatic carbocycles. The number of carbonyl (C=O) groups excluding carboxylic acids is 2. The molecule has 0 radical (unpaired) electrons. The van der Waals surface area contributed by atoms with Crippen LogP contribution in [0.3, 0.4) is 0 Å². The van der Waals surface area contributed by atoms with E-state index < -0.39 is 0 Å². The van der Waals surface area contributed by atoms with E-state index in [0.717, 1.165) is 17.0 Å². The average molecular weight is 395 g/mol. The van der Waals surface area contributed by atoms with Crippen molar-refractivity contribution in [2.75, 3.05) is 5.32 Å². The molecular formula is C21H22N4O2S. The van der Waals surface area contributed by atoms with Gasteiger partial charge in [-0.05, 0) is 50.6 Å². The van der Waals surface area contributed by atoms with Gasteiger partial charge in [-0.1, -0.05) is 36.0 Å². The zero-order chi connectivity index (χ0) is 20.3. The van der Waals surface area contributed by atoms with Gasteiger partial charge >= 0.3 is 0 Å². The third-order valence-electron chi connectivity index (χ3n) is 4.43. The molecule has 0 saturated heterocycles. The molecule has 7 heteroatoms. The normalized spacial score (nSPS) is 11.9. The fourth-order valence-corrected chi connectivity index (χ4v) is 3.53. The molecule has 0 saturated carbocycles. The van der Waals surface area contributed by atoms with Gasteiger partial charge < -0.3 is 9.88 Å². The Hall–Kier alpha value is -2.93. The van der Waals surface area contributed by atoms with E-state index in [1.54, 1.807) is 24.3 Å². The molecule has 0 aliphatic heterocycles. The molecule has 3 aromatic rings. The van der Waals surface area contributed by atoms with Crippen molar-refractivity contribution in [3.8, 4) is 11.4 Å². The summed E-state index contributed by atoms with van der Waals surface area (Å²) < 4.78 is 1.90. The van der Waals surface area contributed by atoms with Crippen LogP contribution < -0.4 is 5.32 Å². The smallest absolute Gasteiger partial charge is 0.237 e. The number of nitrogens with one attached hydrogen (secondary N) is 1. The van der Waals surface area contributed by atoms with Crippen LogP contribution in [-0.4, -0.2) is 31.7 Å². The predicted molar refractivity (Wildman–Crippen MR) is 112 cm³/mol. The first-order valence-electron chi connectivity index (χ1n) is 8.90. The molecule has 1 aromatic heterocycles. The van der Waals surface area contributed by atoms with E-state index in [9.17, 15) is 9.59 Å². The Morgan fingerprint density at radius 1 is 1.07 bits per heavy atom. The average Bonchev–Trinajstić information content (AvgIpc) is 3.03. The number of Topliss-reactive ketones (excluding diaryl/α,β-unsaturated/α-hetero) is 1. The minimum atomic E-state index is -0.361. The van der Waals surface area contributed by atoms with Gasteiger partial charge in [-0.3, -0.25) is 9.59 Å². The molecule has 0 bridgehead atoms. The van der Waals surface area contributed by atoms with Crippen LogP contribution in [0.5, 0.6) is 0 Å². The van der Waals surface area contributed by atoms with Crippen LogP contribution >= 0.6 is 11.8 Å².